The van der Waals surface area contributed by atoms with Crippen LogP contribution in [-0.2, 0) is 19.3 Å². The number of anilines is 2. The van der Waals surface area contributed by atoms with Crippen molar-refractivity contribution in [3.8, 4) is 0 Å². The standard InChI is InChI=1S/C12H12N6O4/c1-17(9-7-13-3-5-15-9)21-11(19)12(20)22-18(2)10-8-14-4-6-16-10/h3-8H,1-2H3. The lowest BCUT2D eigenvalue weighted by molar-refractivity contribution is -0.168. The maximum atomic E-state index is 11.6. The van der Waals surface area contributed by atoms with E-state index in [-0.39, 0.29) is 11.6 Å². The zero-order valence-electron chi connectivity index (χ0n) is 11.8. The maximum Gasteiger partial charge on any atom is 0.444 e. The lowest BCUT2D eigenvalue weighted by Crippen LogP contribution is -2.34. The third-order valence-electron chi connectivity index (χ3n) is 2.35. The van der Waals surface area contributed by atoms with Crippen molar-refractivity contribution < 1.29 is 19.3 Å². The van der Waals surface area contributed by atoms with Crippen LogP contribution in [0.5, 0.6) is 0 Å². The summed E-state index contributed by atoms with van der Waals surface area (Å²) in [5, 5.41) is 2.00. The average molecular weight is 304 g/mol. The van der Waals surface area contributed by atoms with Gasteiger partial charge in [-0.3, -0.25) is 9.97 Å². The second-order valence-electron chi connectivity index (χ2n) is 3.88. The van der Waals surface area contributed by atoms with Gasteiger partial charge >= 0.3 is 11.9 Å². The fourth-order valence-corrected chi connectivity index (χ4v) is 1.32. The van der Waals surface area contributed by atoms with Gasteiger partial charge in [0.1, 0.15) is 0 Å². The molecule has 2 aromatic heterocycles. The van der Waals surface area contributed by atoms with Gasteiger partial charge in [-0.05, 0) is 0 Å². The Hall–Kier alpha value is -3.30. The number of nitrogens with zero attached hydrogens (tertiary/aromatic N) is 6. The molecule has 2 heterocycles. The lowest BCUT2D eigenvalue weighted by Gasteiger charge is -2.18. The van der Waals surface area contributed by atoms with Crippen molar-refractivity contribution in [3.63, 3.8) is 0 Å². The van der Waals surface area contributed by atoms with Gasteiger partial charge in [0, 0.05) is 38.9 Å². The first kappa shape index (κ1) is 15.1. The Balaban J connectivity index is 1.91. The monoisotopic (exact) mass is 304 g/mol. The lowest BCUT2D eigenvalue weighted by atomic mass is 10.6. The SMILES string of the molecule is CN(OC(=O)C(=O)ON(C)c1cnccn1)c1cnccn1. The number of hydrogen-bond donors (Lipinski definition) is 0. The minimum atomic E-state index is -1.22. The number of carbonyl (C=O) groups excluding carboxylic acids is 2. The normalized spacial score (nSPS) is 9.73. The van der Waals surface area contributed by atoms with E-state index in [0.717, 1.165) is 10.1 Å². The molecule has 0 unspecified atom stereocenters. The summed E-state index contributed by atoms with van der Waals surface area (Å²) in [6, 6.07) is 0. The first-order chi connectivity index (χ1) is 10.6. The molecule has 2 aromatic rings. The molecule has 114 valence electrons. The van der Waals surface area contributed by atoms with Crippen LogP contribution >= 0.6 is 0 Å². The summed E-state index contributed by atoms with van der Waals surface area (Å²) in [7, 11) is 2.81. The summed E-state index contributed by atoms with van der Waals surface area (Å²) in [6.07, 6.45) is 8.49. The zero-order chi connectivity index (χ0) is 15.9. The Morgan fingerprint density at radius 1 is 0.818 bits per heavy atom. The Kier molecular flexibility index (Phi) is 4.75. The Bertz CT molecular complexity index is 581. The van der Waals surface area contributed by atoms with E-state index in [1.807, 2.05) is 0 Å². The molecule has 0 aliphatic heterocycles. The molecule has 0 aliphatic rings. The molecule has 0 radical (unpaired) electrons. The number of hydrogen-bond acceptors (Lipinski definition) is 10. The molecule has 0 fully saturated rings. The van der Waals surface area contributed by atoms with E-state index >= 15 is 0 Å². The second kappa shape index (κ2) is 6.92. The zero-order valence-corrected chi connectivity index (χ0v) is 11.8. The molecule has 22 heavy (non-hydrogen) atoms. The molecule has 0 saturated heterocycles. The van der Waals surface area contributed by atoms with Crippen molar-refractivity contribution in [2.75, 3.05) is 24.2 Å². The van der Waals surface area contributed by atoms with Crippen LogP contribution in [-0.4, -0.2) is 46.0 Å². The summed E-state index contributed by atoms with van der Waals surface area (Å²) >= 11 is 0. The highest BCUT2D eigenvalue weighted by atomic mass is 16.8. The molecule has 2 rings (SSSR count). The van der Waals surface area contributed by atoms with Gasteiger partial charge in [0.25, 0.3) is 0 Å². The van der Waals surface area contributed by atoms with Gasteiger partial charge in [0.05, 0.1) is 12.4 Å². The molecule has 0 spiro atoms. The molecule has 0 amide bonds. The first-order valence-electron chi connectivity index (χ1n) is 6.01. The third-order valence-corrected chi connectivity index (χ3v) is 2.35. The van der Waals surface area contributed by atoms with Crippen LogP contribution in [0.1, 0.15) is 0 Å². The van der Waals surface area contributed by atoms with E-state index in [2.05, 4.69) is 19.9 Å². The summed E-state index contributed by atoms with van der Waals surface area (Å²) in [6.45, 7) is 0. The predicted octanol–water partition coefficient (Wildman–Crippen LogP) is -0.244. The second-order valence-corrected chi connectivity index (χ2v) is 3.88. The molecular weight excluding hydrogens is 292 g/mol. The number of carbonyl (C=O) groups is 2. The quantitative estimate of drug-likeness (QED) is 0.554. The molecule has 10 nitrogen and oxygen atoms in total. The maximum absolute atomic E-state index is 11.6. The van der Waals surface area contributed by atoms with E-state index in [4.69, 9.17) is 9.68 Å². The van der Waals surface area contributed by atoms with E-state index in [0.29, 0.717) is 0 Å². The summed E-state index contributed by atoms with van der Waals surface area (Å²) in [5.74, 6) is -1.93. The minimum absolute atomic E-state index is 0.255. The Morgan fingerprint density at radius 2 is 1.23 bits per heavy atom. The first-order valence-corrected chi connectivity index (χ1v) is 6.01. The van der Waals surface area contributed by atoms with Crippen LogP contribution in [0, 0.1) is 0 Å². The van der Waals surface area contributed by atoms with E-state index in [1.165, 1.54) is 51.3 Å². The molecule has 0 aliphatic carbocycles. The van der Waals surface area contributed by atoms with Gasteiger partial charge in [-0.1, -0.05) is 0 Å². The molecule has 0 atom stereocenters. The van der Waals surface area contributed by atoms with E-state index in [9.17, 15) is 9.59 Å². The Morgan fingerprint density at radius 3 is 1.55 bits per heavy atom. The van der Waals surface area contributed by atoms with Gasteiger partial charge < -0.3 is 9.68 Å². The number of rotatable bonds is 4. The van der Waals surface area contributed by atoms with Crippen molar-refractivity contribution in [2.24, 2.45) is 0 Å². The summed E-state index contributed by atoms with van der Waals surface area (Å²) in [4.78, 5) is 48.3. The number of hydroxylamine groups is 2. The molecule has 0 N–H and O–H groups in total. The van der Waals surface area contributed by atoms with Gasteiger partial charge in [0.2, 0.25) is 0 Å². The van der Waals surface area contributed by atoms with Gasteiger partial charge in [0.15, 0.2) is 11.6 Å². The van der Waals surface area contributed by atoms with Crippen LogP contribution in [0.15, 0.2) is 37.2 Å². The van der Waals surface area contributed by atoms with Gasteiger partial charge in [-0.15, -0.1) is 0 Å². The van der Waals surface area contributed by atoms with Crippen LogP contribution in [0.4, 0.5) is 11.6 Å². The smallest absolute Gasteiger partial charge is 0.328 e. The van der Waals surface area contributed by atoms with E-state index < -0.39 is 11.9 Å². The molecule has 0 saturated carbocycles. The van der Waals surface area contributed by atoms with E-state index in [1.54, 1.807) is 0 Å². The molecule has 0 bridgehead atoms. The van der Waals surface area contributed by atoms with Crippen LogP contribution in [0.25, 0.3) is 0 Å². The minimum Gasteiger partial charge on any atom is -0.328 e. The van der Waals surface area contributed by atoms with Gasteiger partial charge in [-0.2, -0.15) is 10.1 Å². The predicted molar refractivity (Wildman–Crippen MR) is 73.1 cm³/mol. The fraction of sp³-hybridized carbons (Fsp3) is 0.167. The van der Waals surface area contributed by atoms with Crippen molar-refractivity contribution in [1.29, 1.82) is 0 Å². The molecule has 0 aromatic carbocycles. The highest BCUT2D eigenvalue weighted by Gasteiger charge is 2.23. The van der Waals surface area contributed by atoms with Crippen molar-refractivity contribution in [2.45, 2.75) is 0 Å². The van der Waals surface area contributed by atoms with Crippen molar-refractivity contribution in [1.82, 2.24) is 19.9 Å². The topological polar surface area (TPSA) is 111 Å². The number of aromatic nitrogens is 4. The molecular formula is C12H12N6O4. The fourth-order valence-electron chi connectivity index (χ4n) is 1.32. The molecule has 10 heteroatoms. The van der Waals surface area contributed by atoms with Crippen molar-refractivity contribution in [3.05, 3.63) is 37.2 Å². The average Bonchev–Trinajstić information content (AvgIpc) is 2.56. The third kappa shape index (κ3) is 3.85. The Labute approximate surface area is 125 Å². The van der Waals surface area contributed by atoms with Gasteiger partial charge in [-0.25, -0.2) is 19.6 Å². The highest BCUT2D eigenvalue weighted by Crippen LogP contribution is 2.08. The van der Waals surface area contributed by atoms with Crippen LogP contribution in [0.2, 0.25) is 0 Å². The summed E-state index contributed by atoms with van der Waals surface area (Å²) in [5.41, 5.74) is 0. The van der Waals surface area contributed by atoms with Crippen molar-refractivity contribution >= 4 is 23.6 Å². The van der Waals surface area contributed by atoms with Crippen LogP contribution in [0.3, 0.4) is 0 Å². The van der Waals surface area contributed by atoms with Crippen LogP contribution < -0.4 is 10.1 Å². The largest absolute Gasteiger partial charge is 0.444 e. The summed E-state index contributed by atoms with van der Waals surface area (Å²) < 4.78 is 0. The highest BCUT2D eigenvalue weighted by molar-refractivity contribution is 6.30.